The molecule has 3 aromatic rings. The van der Waals surface area contributed by atoms with Crippen LogP contribution in [0.15, 0.2) is 70.6 Å². The summed E-state index contributed by atoms with van der Waals surface area (Å²) in [6, 6.07) is 16.3. The van der Waals surface area contributed by atoms with Crippen molar-refractivity contribution in [1.82, 2.24) is 4.90 Å². The van der Waals surface area contributed by atoms with Crippen molar-refractivity contribution in [3.63, 3.8) is 0 Å². The number of aliphatic imine (C=N–C) groups is 1. The van der Waals surface area contributed by atoms with Crippen LogP contribution < -0.4 is 4.74 Å². The molecule has 1 amide bonds. The molecular formula is C25H17FI2N2O4S. The minimum atomic E-state index is -1.01. The quantitative estimate of drug-likeness (QED) is 0.232. The molecule has 3 aromatic carbocycles. The number of hydrogen-bond acceptors (Lipinski definition) is 5. The Hall–Kier alpha value is -2.45. The Balaban J connectivity index is 1.52. The number of benzene rings is 3. The lowest BCUT2D eigenvalue weighted by molar-refractivity contribution is -0.121. The standard InChI is InChI=1S/C25H17FI2N2O4S/c1-30-23(31)21(35-25(30)29-18-7-5-16(6-8-18)24(32)33)12-15-10-19(27)22(20(28)11-15)34-13-14-3-2-4-17(26)9-14/h2-12H,13H2,1H3,(H,32,33)/b21-12-,29-25?. The fraction of sp³-hybridized carbons (Fsp3) is 0.0800. The number of amides is 1. The molecule has 4 rings (SSSR count). The highest BCUT2D eigenvalue weighted by atomic mass is 127. The number of thioether (sulfide) groups is 1. The Labute approximate surface area is 232 Å². The molecule has 35 heavy (non-hydrogen) atoms. The van der Waals surface area contributed by atoms with Crippen molar-refractivity contribution in [2.75, 3.05) is 7.05 Å². The van der Waals surface area contributed by atoms with E-state index in [-0.39, 0.29) is 23.9 Å². The molecule has 1 fully saturated rings. The number of likely N-dealkylation sites (N-methyl/N-ethyl adjacent to an activating group) is 1. The maximum atomic E-state index is 13.4. The molecule has 0 atom stereocenters. The second kappa shape index (κ2) is 11.1. The maximum absolute atomic E-state index is 13.4. The van der Waals surface area contributed by atoms with Gasteiger partial charge in [-0.25, -0.2) is 14.2 Å². The molecule has 0 spiro atoms. The van der Waals surface area contributed by atoms with Gasteiger partial charge in [-0.2, -0.15) is 0 Å². The van der Waals surface area contributed by atoms with Crippen LogP contribution in [0.1, 0.15) is 21.5 Å². The van der Waals surface area contributed by atoms with Crippen molar-refractivity contribution >= 4 is 85.8 Å². The van der Waals surface area contributed by atoms with Crippen molar-refractivity contribution < 1.29 is 23.8 Å². The van der Waals surface area contributed by atoms with E-state index in [1.54, 1.807) is 37.4 Å². The topological polar surface area (TPSA) is 79.2 Å². The van der Waals surface area contributed by atoms with E-state index in [1.807, 2.05) is 12.1 Å². The predicted molar refractivity (Wildman–Crippen MR) is 151 cm³/mol. The van der Waals surface area contributed by atoms with Gasteiger partial charge in [0.05, 0.1) is 23.3 Å². The number of carbonyl (C=O) groups excluding carboxylic acids is 1. The lowest BCUT2D eigenvalue weighted by atomic mass is 10.2. The molecule has 1 saturated heterocycles. The Morgan fingerprint density at radius 1 is 1.14 bits per heavy atom. The second-order valence-electron chi connectivity index (χ2n) is 7.45. The first kappa shape index (κ1) is 25.6. The van der Waals surface area contributed by atoms with Gasteiger partial charge < -0.3 is 9.84 Å². The summed E-state index contributed by atoms with van der Waals surface area (Å²) in [7, 11) is 1.65. The van der Waals surface area contributed by atoms with E-state index < -0.39 is 5.97 Å². The average Bonchev–Trinajstić information content (AvgIpc) is 3.06. The molecule has 1 aliphatic heterocycles. The van der Waals surface area contributed by atoms with Crippen LogP contribution in [0.5, 0.6) is 5.75 Å². The van der Waals surface area contributed by atoms with E-state index in [4.69, 9.17) is 9.84 Å². The number of halogens is 3. The van der Waals surface area contributed by atoms with Gasteiger partial charge in [-0.3, -0.25) is 9.69 Å². The molecule has 0 aliphatic carbocycles. The third-order valence-electron chi connectivity index (χ3n) is 4.93. The molecule has 0 bridgehead atoms. The van der Waals surface area contributed by atoms with Gasteiger partial charge in [0.25, 0.3) is 5.91 Å². The first-order chi connectivity index (χ1) is 16.7. The molecule has 0 saturated carbocycles. The van der Waals surface area contributed by atoms with Crippen molar-refractivity contribution in [3.8, 4) is 5.75 Å². The zero-order valence-corrected chi connectivity index (χ0v) is 23.3. The zero-order chi connectivity index (χ0) is 25.1. The van der Waals surface area contributed by atoms with Crippen LogP contribution in [0.2, 0.25) is 0 Å². The lowest BCUT2D eigenvalue weighted by Gasteiger charge is -2.12. The number of carboxylic acid groups (broad SMARTS) is 1. The van der Waals surface area contributed by atoms with Crippen LogP contribution in [-0.2, 0) is 11.4 Å². The molecule has 1 N–H and O–H groups in total. The largest absolute Gasteiger partial charge is 0.487 e. The number of amidine groups is 1. The molecule has 6 nitrogen and oxygen atoms in total. The van der Waals surface area contributed by atoms with Crippen LogP contribution in [-0.4, -0.2) is 34.1 Å². The van der Waals surface area contributed by atoms with E-state index in [1.165, 1.54) is 40.9 Å². The highest BCUT2D eigenvalue weighted by Gasteiger charge is 2.30. The molecule has 0 aromatic heterocycles. The van der Waals surface area contributed by atoms with Gasteiger partial charge >= 0.3 is 5.97 Å². The van der Waals surface area contributed by atoms with E-state index in [0.717, 1.165) is 18.3 Å². The van der Waals surface area contributed by atoms with Gasteiger partial charge in [-0.1, -0.05) is 12.1 Å². The monoisotopic (exact) mass is 714 g/mol. The maximum Gasteiger partial charge on any atom is 0.335 e. The van der Waals surface area contributed by atoms with Gasteiger partial charge in [0.1, 0.15) is 18.2 Å². The number of ether oxygens (including phenoxy) is 1. The lowest BCUT2D eigenvalue weighted by Crippen LogP contribution is -2.23. The Morgan fingerprint density at radius 3 is 2.46 bits per heavy atom. The van der Waals surface area contributed by atoms with Crippen molar-refractivity contribution in [2.45, 2.75) is 6.61 Å². The van der Waals surface area contributed by atoms with Crippen molar-refractivity contribution in [3.05, 3.63) is 95.2 Å². The van der Waals surface area contributed by atoms with Crippen LogP contribution in [0, 0.1) is 13.0 Å². The molecule has 10 heteroatoms. The summed E-state index contributed by atoms with van der Waals surface area (Å²) in [4.78, 5) is 30.3. The fourth-order valence-corrected chi connectivity index (χ4v) is 6.29. The smallest absolute Gasteiger partial charge is 0.335 e. The molecule has 1 aliphatic rings. The van der Waals surface area contributed by atoms with Gasteiger partial charge in [-0.05, 0) is 123 Å². The number of hydrogen-bond donors (Lipinski definition) is 1. The Kier molecular flexibility index (Phi) is 8.12. The number of rotatable bonds is 6. The van der Waals surface area contributed by atoms with Crippen LogP contribution in [0.4, 0.5) is 10.1 Å². The third kappa shape index (κ3) is 6.22. The van der Waals surface area contributed by atoms with E-state index in [9.17, 15) is 14.0 Å². The molecule has 1 heterocycles. The van der Waals surface area contributed by atoms with E-state index in [2.05, 4.69) is 50.2 Å². The molecule has 0 radical (unpaired) electrons. The van der Waals surface area contributed by atoms with Crippen LogP contribution in [0.3, 0.4) is 0 Å². The Bertz CT molecular complexity index is 1350. The summed E-state index contributed by atoms with van der Waals surface area (Å²) >= 11 is 5.62. The normalized spacial score (nSPS) is 15.8. The van der Waals surface area contributed by atoms with E-state index in [0.29, 0.717) is 21.5 Å². The van der Waals surface area contributed by atoms with Crippen molar-refractivity contribution in [1.29, 1.82) is 0 Å². The fourth-order valence-electron chi connectivity index (χ4n) is 3.17. The summed E-state index contributed by atoms with van der Waals surface area (Å²) in [5, 5.41) is 9.54. The minimum Gasteiger partial charge on any atom is -0.487 e. The first-order valence-corrected chi connectivity index (χ1v) is 13.1. The van der Waals surface area contributed by atoms with Crippen molar-refractivity contribution in [2.24, 2.45) is 4.99 Å². The third-order valence-corrected chi connectivity index (χ3v) is 7.60. The number of nitrogens with zero attached hydrogens (tertiary/aromatic N) is 2. The second-order valence-corrected chi connectivity index (χ2v) is 10.8. The van der Waals surface area contributed by atoms with E-state index >= 15 is 0 Å². The summed E-state index contributed by atoms with van der Waals surface area (Å²) < 4.78 is 21.1. The highest BCUT2D eigenvalue weighted by Crippen LogP contribution is 2.35. The van der Waals surface area contributed by atoms with Gasteiger partial charge in [0.15, 0.2) is 5.17 Å². The van der Waals surface area contributed by atoms with Crippen LogP contribution in [0.25, 0.3) is 6.08 Å². The average molecular weight is 714 g/mol. The zero-order valence-electron chi connectivity index (χ0n) is 18.2. The number of carboxylic acids is 1. The van der Waals surface area contributed by atoms with Gasteiger partial charge in [-0.15, -0.1) is 0 Å². The highest BCUT2D eigenvalue weighted by molar-refractivity contribution is 14.1. The van der Waals surface area contributed by atoms with Crippen LogP contribution >= 0.6 is 56.9 Å². The minimum absolute atomic E-state index is 0.172. The summed E-state index contributed by atoms with van der Waals surface area (Å²) in [5.41, 5.74) is 2.31. The predicted octanol–water partition coefficient (Wildman–Crippen LogP) is 6.55. The summed E-state index contributed by atoms with van der Waals surface area (Å²) in [6.07, 6.45) is 1.81. The molecule has 178 valence electrons. The number of carbonyl (C=O) groups is 2. The SMILES string of the molecule is CN1C(=O)/C(=C/c2cc(I)c(OCc3cccc(F)c3)c(I)c2)SC1=Nc1ccc(C(=O)O)cc1. The van der Waals surface area contributed by atoms with Gasteiger partial charge in [0.2, 0.25) is 0 Å². The molecular weight excluding hydrogens is 697 g/mol. The Morgan fingerprint density at radius 2 is 1.83 bits per heavy atom. The van der Waals surface area contributed by atoms with Gasteiger partial charge in [0, 0.05) is 7.05 Å². The summed E-state index contributed by atoms with van der Waals surface area (Å²) in [5.74, 6) is -0.785. The first-order valence-electron chi connectivity index (χ1n) is 10.2. The summed E-state index contributed by atoms with van der Waals surface area (Å²) in [6.45, 7) is 0.247. The molecule has 0 unspecified atom stereocenters. The number of aromatic carboxylic acids is 1.